The van der Waals surface area contributed by atoms with E-state index in [0.717, 1.165) is 18.8 Å². The Morgan fingerprint density at radius 2 is 1.75 bits per heavy atom. The number of ether oxygens (including phenoxy) is 1. The average Bonchev–Trinajstić information content (AvgIpc) is 2.35. The molecule has 0 radical (unpaired) electrons. The molecule has 0 amide bonds. The summed E-state index contributed by atoms with van der Waals surface area (Å²) in [6, 6.07) is 5.37. The number of nitrogens with two attached hydrogens (primary N) is 1. The highest BCUT2D eigenvalue weighted by molar-refractivity contribution is 5.91. The van der Waals surface area contributed by atoms with Crippen LogP contribution in [0.5, 0.6) is 0 Å². The van der Waals surface area contributed by atoms with Gasteiger partial charge in [-0.05, 0) is 30.0 Å². The summed E-state index contributed by atoms with van der Waals surface area (Å²) in [6.45, 7) is 10.6. The molecule has 0 saturated carbocycles. The van der Waals surface area contributed by atoms with E-state index in [0.29, 0.717) is 23.1 Å². The fourth-order valence-electron chi connectivity index (χ4n) is 2.24. The van der Waals surface area contributed by atoms with Gasteiger partial charge < -0.3 is 15.4 Å². The minimum atomic E-state index is -0.359. The number of carbonyl (C=O) groups excluding carboxylic acids is 1. The molecule has 4 nitrogen and oxygen atoms in total. The van der Waals surface area contributed by atoms with Crippen LogP contribution in [0, 0.1) is 11.8 Å². The topological polar surface area (TPSA) is 55.6 Å². The number of hydrogen-bond acceptors (Lipinski definition) is 4. The lowest BCUT2D eigenvalue weighted by Gasteiger charge is -2.29. The van der Waals surface area contributed by atoms with Crippen LogP contribution in [0.4, 0.5) is 11.4 Å². The fraction of sp³-hybridized carbons (Fsp3) is 0.562. The lowest BCUT2D eigenvalue weighted by atomic mass is 10.1. The van der Waals surface area contributed by atoms with Gasteiger partial charge in [0.15, 0.2) is 0 Å². The molecule has 0 saturated heterocycles. The maximum Gasteiger partial charge on any atom is 0.337 e. The van der Waals surface area contributed by atoms with Gasteiger partial charge in [0.05, 0.1) is 24.0 Å². The van der Waals surface area contributed by atoms with Gasteiger partial charge in [-0.25, -0.2) is 4.79 Å². The fourth-order valence-corrected chi connectivity index (χ4v) is 2.24. The van der Waals surface area contributed by atoms with Crippen LogP contribution < -0.4 is 10.6 Å². The van der Waals surface area contributed by atoms with E-state index in [-0.39, 0.29) is 5.97 Å². The van der Waals surface area contributed by atoms with Crippen molar-refractivity contribution in [3.63, 3.8) is 0 Å². The van der Waals surface area contributed by atoms with Crippen molar-refractivity contribution < 1.29 is 9.53 Å². The van der Waals surface area contributed by atoms with Gasteiger partial charge in [-0.15, -0.1) is 0 Å². The zero-order valence-electron chi connectivity index (χ0n) is 13.1. The molecule has 0 aliphatic heterocycles. The van der Waals surface area contributed by atoms with Gasteiger partial charge in [-0.2, -0.15) is 0 Å². The molecule has 1 rings (SSSR count). The summed E-state index contributed by atoms with van der Waals surface area (Å²) < 4.78 is 4.71. The number of carbonyl (C=O) groups is 1. The smallest absolute Gasteiger partial charge is 0.337 e. The first-order valence-corrected chi connectivity index (χ1v) is 7.08. The zero-order valence-corrected chi connectivity index (χ0v) is 13.1. The molecule has 0 aromatic heterocycles. The normalized spacial score (nSPS) is 10.9. The predicted octanol–water partition coefficient (Wildman–Crippen LogP) is 3.17. The quantitative estimate of drug-likeness (QED) is 0.641. The van der Waals surface area contributed by atoms with Crippen LogP contribution in [-0.4, -0.2) is 26.2 Å². The van der Waals surface area contributed by atoms with Crippen molar-refractivity contribution in [2.24, 2.45) is 11.8 Å². The Bertz CT molecular complexity index is 446. The summed E-state index contributed by atoms with van der Waals surface area (Å²) in [4.78, 5) is 13.8. The molecule has 0 bridgehead atoms. The van der Waals surface area contributed by atoms with E-state index in [4.69, 9.17) is 10.5 Å². The summed E-state index contributed by atoms with van der Waals surface area (Å²) >= 11 is 0. The Morgan fingerprint density at radius 3 is 2.15 bits per heavy atom. The Hall–Kier alpha value is -1.71. The van der Waals surface area contributed by atoms with Gasteiger partial charge in [0.2, 0.25) is 0 Å². The first-order chi connectivity index (χ1) is 9.35. The lowest BCUT2D eigenvalue weighted by Crippen LogP contribution is -2.32. The molecule has 0 heterocycles. The first-order valence-electron chi connectivity index (χ1n) is 7.08. The number of benzene rings is 1. The summed E-state index contributed by atoms with van der Waals surface area (Å²) in [5.41, 5.74) is 8.21. The highest BCUT2D eigenvalue weighted by Gasteiger charge is 2.15. The van der Waals surface area contributed by atoms with Crippen molar-refractivity contribution in [3.05, 3.63) is 23.8 Å². The van der Waals surface area contributed by atoms with E-state index in [9.17, 15) is 4.79 Å². The summed E-state index contributed by atoms with van der Waals surface area (Å²) in [5, 5.41) is 0. The third kappa shape index (κ3) is 4.44. The van der Waals surface area contributed by atoms with E-state index in [1.54, 1.807) is 12.1 Å². The van der Waals surface area contributed by atoms with Crippen LogP contribution in [-0.2, 0) is 4.74 Å². The molecule has 1 aromatic carbocycles. The number of rotatable bonds is 6. The summed E-state index contributed by atoms with van der Waals surface area (Å²) in [6.07, 6.45) is 0. The van der Waals surface area contributed by atoms with Gasteiger partial charge in [0.25, 0.3) is 0 Å². The second kappa shape index (κ2) is 7.17. The predicted molar refractivity (Wildman–Crippen MR) is 84.1 cm³/mol. The van der Waals surface area contributed by atoms with Gasteiger partial charge >= 0.3 is 5.97 Å². The number of esters is 1. The van der Waals surface area contributed by atoms with Crippen LogP contribution in [0.3, 0.4) is 0 Å². The van der Waals surface area contributed by atoms with Crippen LogP contribution in [0.2, 0.25) is 0 Å². The lowest BCUT2D eigenvalue weighted by molar-refractivity contribution is 0.0601. The highest BCUT2D eigenvalue weighted by Crippen LogP contribution is 2.26. The number of anilines is 2. The first kappa shape index (κ1) is 16.3. The molecule has 20 heavy (non-hydrogen) atoms. The molecule has 0 aliphatic rings. The molecule has 1 aromatic rings. The van der Waals surface area contributed by atoms with Crippen molar-refractivity contribution in [2.75, 3.05) is 30.8 Å². The standard InChI is InChI=1S/C16H26N2O2/c1-11(2)9-18(10-12(3)4)15-7-6-13(8-14(15)17)16(19)20-5/h6-8,11-12H,9-10,17H2,1-5H3. The second-order valence-electron chi connectivity index (χ2n) is 5.96. The van der Waals surface area contributed by atoms with Gasteiger partial charge in [0, 0.05) is 13.1 Å². The maximum atomic E-state index is 11.5. The van der Waals surface area contributed by atoms with E-state index < -0.39 is 0 Å². The third-order valence-corrected chi connectivity index (χ3v) is 2.96. The molecule has 4 heteroatoms. The number of hydrogen-bond donors (Lipinski definition) is 1. The van der Waals surface area contributed by atoms with Crippen LogP contribution >= 0.6 is 0 Å². The molecular weight excluding hydrogens is 252 g/mol. The molecule has 0 fully saturated rings. The van der Waals surface area contributed by atoms with Gasteiger partial charge in [0.1, 0.15) is 0 Å². The number of nitrogen functional groups attached to an aromatic ring is 1. The van der Waals surface area contributed by atoms with Crippen molar-refractivity contribution >= 4 is 17.3 Å². The van der Waals surface area contributed by atoms with E-state index >= 15 is 0 Å². The maximum absolute atomic E-state index is 11.5. The van der Waals surface area contributed by atoms with Crippen LogP contribution in [0.15, 0.2) is 18.2 Å². The molecule has 0 atom stereocenters. The molecule has 0 aliphatic carbocycles. The van der Waals surface area contributed by atoms with E-state index in [1.165, 1.54) is 7.11 Å². The second-order valence-corrected chi connectivity index (χ2v) is 5.96. The van der Waals surface area contributed by atoms with Crippen molar-refractivity contribution in [1.82, 2.24) is 0 Å². The number of nitrogens with zero attached hydrogens (tertiary/aromatic N) is 1. The van der Waals surface area contributed by atoms with E-state index in [2.05, 4.69) is 32.6 Å². The van der Waals surface area contributed by atoms with Gasteiger partial charge in [-0.1, -0.05) is 27.7 Å². The van der Waals surface area contributed by atoms with Crippen LogP contribution in [0.1, 0.15) is 38.1 Å². The zero-order chi connectivity index (χ0) is 15.3. The molecular formula is C16H26N2O2. The van der Waals surface area contributed by atoms with Crippen molar-refractivity contribution in [1.29, 1.82) is 0 Å². The molecule has 0 spiro atoms. The summed E-state index contributed by atoms with van der Waals surface area (Å²) in [5.74, 6) is 0.740. The van der Waals surface area contributed by atoms with Crippen molar-refractivity contribution in [3.8, 4) is 0 Å². The number of methoxy groups -OCH3 is 1. The minimum Gasteiger partial charge on any atom is -0.465 e. The minimum absolute atomic E-state index is 0.359. The Labute approximate surface area is 121 Å². The Morgan fingerprint density at radius 1 is 1.20 bits per heavy atom. The van der Waals surface area contributed by atoms with E-state index in [1.807, 2.05) is 6.07 Å². The molecule has 2 N–H and O–H groups in total. The van der Waals surface area contributed by atoms with Crippen molar-refractivity contribution in [2.45, 2.75) is 27.7 Å². The SMILES string of the molecule is COC(=O)c1ccc(N(CC(C)C)CC(C)C)c(N)c1. The largest absolute Gasteiger partial charge is 0.465 e. The summed E-state index contributed by atoms with van der Waals surface area (Å²) in [7, 11) is 1.37. The average molecular weight is 278 g/mol. The highest BCUT2D eigenvalue weighted by atomic mass is 16.5. The monoisotopic (exact) mass is 278 g/mol. The van der Waals surface area contributed by atoms with Gasteiger partial charge in [-0.3, -0.25) is 0 Å². The molecule has 0 unspecified atom stereocenters. The molecule has 112 valence electrons. The third-order valence-electron chi connectivity index (χ3n) is 2.96. The Kier molecular flexibility index (Phi) is 5.86. The Balaban J connectivity index is 3.04. The van der Waals surface area contributed by atoms with Crippen LogP contribution in [0.25, 0.3) is 0 Å².